The average Bonchev–Trinajstić information content (AvgIpc) is 3.02. The third kappa shape index (κ3) is 8.45. The number of benzene rings is 4. The first kappa shape index (κ1) is 37.9. The molecule has 50 heavy (non-hydrogen) atoms. The minimum Gasteiger partial charge on any atom is -0.490 e. The molecule has 0 aliphatic heterocycles. The molecule has 0 aliphatic carbocycles. The standard InChI is InChI=1S/C32H20F14O4/c1-14(6-8-47-23-4-2-17(25(37)29(23)41)31(43,44)49-15-10-19(33)27(39)20(34)11-15)7-9-48-24-5-3-18(26(38)30(24)42)32(45,46)50-16-12-21(35)28(40)22(36)13-16/h2-5,10-14H,6-9H2,1H3. The number of rotatable bonds is 14. The first-order valence-corrected chi connectivity index (χ1v) is 14.0. The fraction of sp³-hybridized carbons (Fsp3) is 0.250. The normalized spacial score (nSPS) is 12.0. The molecule has 0 unspecified atom stereocenters. The molecule has 18 heteroatoms. The van der Waals surface area contributed by atoms with Gasteiger partial charge in [0, 0.05) is 24.3 Å². The lowest BCUT2D eigenvalue weighted by Gasteiger charge is -2.20. The predicted octanol–water partition coefficient (Wildman–Crippen LogP) is 10.2. The maximum absolute atomic E-state index is 14.5. The van der Waals surface area contributed by atoms with Crippen LogP contribution in [0.15, 0.2) is 48.5 Å². The molecule has 0 saturated carbocycles. The molecular formula is C32H20F14O4. The zero-order chi connectivity index (χ0) is 37.1. The third-order valence-corrected chi connectivity index (χ3v) is 6.86. The molecule has 0 radical (unpaired) electrons. The maximum atomic E-state index is 14.5. The molecule has 0 saturated heterocycles. The molecule has 4 nitrogen and oxygen atoms in total. The van der Waals surface area contributed by atoms with Crippen LogP contribution in [0.3, 0.4) is 0 Å². The van der Waals surface area contributed by atoms with E-state index < -0.39 is 105 Å². The van der Waals surface area contributed by atoms with Gasteiger partial charge in [0.1, 0.15) is 22.6 Å². The zero-order valence-corrected chi connectivity index (χ0v) is 24.9. The number of ether oxygens (including phenoxy) is 4. The van der Waals surface area contributed by atoms with Crippen molar-refractivity contribution < 1.29 is 80.4 Å². The fourth-order valence-electron chi connectivity index (χ4n) is 4.21. The summed E-state index contributed by atoms with van der Waals surface area (Å²) in [4.78, 5) is 0. The van der Waals surface area contributed by atoms with Crippen molar-refractivity contribution in [2.45, 2.75) is 32.0 Å². The first-order valence-electron chi connectivity index (χ1n) is 14.0. The minimum absolute atomic E-state index is 0.0704. The lowest BCUT2D eigenvalue weighted by Crippen LogP contribution is -2.24. The molecule has 0 atom stereocenters. The van der Waals surface area contributed by atoms with E-state index in [4.69, 9.17) is 9.47 Å². The second-order valence-corrected chi connectivity index (χ2v) is 10.5. The van der Waals surface area contributed by atoms with Crippen molar-refractivity contribution >= 4 is 0 Å². The molecule has 0 aromatic heterocycles. The molecule has 0 bridgehead atoms. The summed E-state index contributed by atoms with van der Waals surface area (Å²) in [7, 11) is 0. The molecule has 4 aromatic carbocycles. The third-order valence-electron chi connectivity index (χ3n) is 6.86. The minimum atomic E-state index is -4.67. The Kier molecular flexibility index (Phi) is 11.3. The molecule has 0 spiro atoms. The Labute approximate surface area is 272 Å². The quantitative estimate of drug-likeness (QED) is 0.0955. The van der Waals surface area contributed by atoms with E-state index in [2.05, 4.69) is 9.47 Å². The van der Waals surface area contributed by atoms with Gasteiger partial charge < -0.3 is 18.9 Å². The van der Waals surface area contributed by atoms with Gasteiger partial charge >= 0.3 is 12.2 Å². The van der Waals surface area contributed by atoms with Crippen molar-refractivity contribution in [1.82, 2.24) is 0 Å². The van der Waals surface area contributed by atoms with Crippen LogP contribution in [-0.2, 0) is 12.2 Å². The van der Waals surface area contributed by atoms with Crippen molar-refractivity contribution in [3.05, 3.63) is 118 Å². The molecule has 0 N–H and O–H groups in total. The van der Waals surface area contributed by atoms with E-state index in [1.165, 1.54) is 0 Å². The second kappa shape index (κ2) is 14.9. The molecule has 0 fully saturated rings. The van der Waals surface area contributed by atoms with Crippen LogP contribution < -0.4 is 18.9 Å². The van der Waals surface area contributed by atoms with Crippen molar-refractivity contribution in [3.63, 3.8) is 0 Å². The molecule has 4 rings (SSSR count). The topological polar surface area (TPSA) is 36.9 Å². The van der Waals surface area contributed by atoms with Gasteiger partial charge in [-0.2, -0.15) is 26.3 Å². The van der Waals surface area contributed by atoms with E-state index in [1.54, 1.807) is 6.92 Å². The Bertz CT molecular complexity index is 1690. The van der Waals surface area contributed by atoms with Crippen LogP contribution in [0.2, 0.25) is 0 Å². The number of hydrogen-bond acceptors (Lipinski definition) is 4. The summed E-state index contributed by atoms with van der Waals surface area (Å²) in [5.74, 6) is -23.9. The summed E-state index contributed by atoms with van der Waals surface area (Å²) in [5, 5.41) is 0. The number of hydrogen-bond donors (Lipinski definition) is 0. The molecule has 0 aliphatic rings. The van der Waals surface area contributed by atoms with Gasteiger partial charge in [0.05, 0.1) is 13.2 Å². The van der Waals surface area contributed by atoms with Gasteiger partial charge in [0.15, 0.2) is 58.0 Å². The highest BCUT2D eigenvalue weighted by atomic mass is 19.3. The monoisotopic (exact) mass is 734 g/mol. The predicted molar refractivity (Wildman–Crippen MR) is 144 cm³/mol. The molecule has 0 amide bonds. The largest absolute Gasteiger partial charge is 0.490 e. The SMILES string of the molecule is CC(CCOc1ccc(C(F)(F)Oc2cc(F)c(F)c(F)c2)c(F)c1F)CCOc1ccc(C(F)(F)Oc2cc(F)c(F)c(F)c2)c(F)c1F. The van der Waals surface area contributed by atoms with Crippen LogP contribution >= 0.6 is 0 Å². The Hall–Kier alpha value is -4.90. The van der Waals surface area contributed by atoms with Crippen molar-refractivity contribution in [2.24, 2.45) is 5.92 Å². The van der Waals surface area contributed by atoms with Crippen molar-refractivity contribution in [3.8, 4) is 23.0 Å². The Morgan fingerprint density at radius 3 is 1.12 bits per heavy atom. The first-order chi connectivity index (χ1) is 23.3. The highest BCUT2D eigenvalue weighted by Crippen LogP contribution is 2.38. The van der Waals surface area contributed by atoms with Gasteiger partial charge in [-0.15, -0.1) is 0 Å². The number of halogens is 14. The van der Waals surface area contributed by atoms with Gasteiger partial charge in [-0.3, -0.25) is 0 Å². The molecule has 270 valence electrons. The maximum Gasteiger partial charge on any atom is 0.429 e. The summed E-state index contributed by atoms with van der Waals surface area (Å²) in [6.45, 7) is 0.934. The van der Waals surface area contributed by atoms with E-state index in [-0.39, 0.29) is 56.2 Å². The van der Waals surface area contributed by atoms with Crippen LogP contribution in [0.1, 0.15) is 30.9 Å². The van der Waals surface area contributed by atoms with Crippen LogP contribution in [0.5, 0.6) is 23.0 Å². The molecule has 0 heterocycles. The fourth-order valence-corrected chi connectivity index (χ4v) is 4.21. The Balaban J connectivity index is 1.30. The van der Waals surface area contributed by atoms with Crippen molar-refractivity contribution in [2.75, 3.05) is 13.2 Å². The lowest BCUT2D eigenvalue weighted by atomic mass is 10.1. The lowest BCUT2D eigenvalue weighted by molar-refractivity contribution is -0.188. The summed E-state index contributed by atoms with van der Waals surface area (Å²) < 4.78 is 214. The Morgan fingerprint density at radius 2 is 0.800 bits per heavy atom. The zero-order valence-electron chi connectivity index (χ0n) is 24.9. The van der Waals surface area contributed by atoms with E-state index in [1.807, 2.05) is 0 Å². The number of alkyl halides is 4. The second-order valence-electron chi connectivity index (χ2n) is 10.5. The van der Waals surface area contributed by atoms with Gasteiger partial charge in [0.25, 0.3) is 0 Å². The van der Waals surface area contributed by atoms with E-state index >= 15 is 0 Å². The molecule has 4 aromatic rings. The van der Waals surface area contributed by atoms with Crippen LogP contribution in [0, 0.1) is 64.1 Å². The summed E-state index contributed by atoms with van der Waals surface area (Å²) in [5.41, 5.74) is -3.35. The van der Waals surface area contributed by atoms with Crippen LogP contribution in [-0.4, -0.2) is 13.2 Å². The Morgan fingerprint density at radius 1 is 0.480 bits per heavy atom. The summed E-state index contributed by atoms with van der Waals surface area (Å²) in [6, 6.07) is 2.28. The van der Waals surface area contributed by atoms with E-state index in [9.17, 15) is 61.5 Å². The molecular weight excluding hydrogens is 714 g/mol. The van der Waals surface area contributed by atoms with Gasteiger partial charge in [0.2, 0.25) is 11.6 Å². The highest BCUT2D eigenvalue weighted by molar-refractivity contribution is 5.35. The van der Waals surface area contributed by atoms with Crippen LogP contribution in [0.4, 0.5) is 61.5 Å². The van der Waals surface area contributed by atoms with Gasteiger partial charge in [-0.1, -0.05) is 6.92 Å². The highest BCUT2D eigenvalue weighted by Gasteiger charge is 2.41. The average molecular weight is 734 g/mol. The van der Waals surface area contributed by atoms with Gasteiger partial charge in [-0.25, -0.2) is 35.1 Å². The summed E-state index contributed by atoms with van der Waals surface area (Å²) in [6.07, 6.45) is -9.18. The van der Waals surface area contributed by atoms with E-state index in [0.717, 1.165) is 0 Å². The van der Waals surface area contributed by atoms with Crippen molar-refractivity contribution in [1.29, 1.82) is 0 Å². The van der Waals surface area contributed by atoms with E-state index in [0.29, 0.717) is 24.3 Å². The van der Waals surface area contributed by atoms with Gasteiger partial charge in [-0.05, 0) is 43.0 Å². The van der Waals surface area contributed by atoms with Crippen LogP contribution in [0.25, 0.3) is 0 Å². The summed E-state index contributed by atoms with van der Waals surface area (Å²) >= 11 is 0. The smallest absolute Gasteiger partial charge is 0.429 e.